The van der Waals surface area contributed by atoms with Crippen LogP contribution < -0.4 is 11.0 Å². The van der Waals surface area contributed by atoms with Gasteiger partial charge in [0.2, 0.25) is 11.8 Å². The monoisotopic (exact) mass is 360 g/mol. The van der Waals surface area contributed by atoms with E-state index in [9.17, 15) is 14.7 Å². The number of nitrogens with zero attached hydrogens (tertiary/aromatic N) is 2. The molecule has 0 aliphatic rings. The van der Waals surface area contributed by atoms with Crippen LogP contribution in [0.1, 0.15) is 37.3 Å². The Morgan fingerprint density at radius 3 is 2.92 bits per heavy atom. The minimum atomic E-state index is -0.585. The third-order valence-electron chi connectivity index (χ3n) is 3.52. The summed E-state index contributed by atoms with van der Waals surface area (Å²) in [5, 5.41) is 14.2. The lowest BCUT2D eigenvalue weighted by molar-refractivity contribution is -0.121. The van der Waals surface area contributed by atoms with E-state index in [1.165, 1.54) is 4.57 Å². The van der Waals surface area contributed by atoms with Gasteiger partial charge in [-0.2, -0.15) is 5.10 Å². The van der Waals surface area contributed by atoms with Gasteiger partial charge in [-0.1, -0.05) is 25.5 Å². The topological polar surface area (TPSA) is 99.5 Å². The summed E-state index contributed by atoms with van der Waals surface area (Å²) < 4.78 is 1.40. The molecule has 0 aliphatic heterocycles. The lowest BCUT2D eigenvalue weighted by Gasteiger charge is -2.11. The molecule has 132 valence electrons. The summed E-state index contributed by atoms with van der Waals surface area (Å²) >= 11 is 5.15. The second kappa shape index (κ2) is 8.39. The molecule has 8 heteroatoms. The molecule has 3 N–H and O–H groups in total. The Kier molecular flexibility index (Phi) is 6.24. The van der Waals surface area contributed by atoms with E-state index in [-0.39, 0.29) is 22.1 Å². The number of rotatable bonds is 6. The van der Waals surface area contributed by atoms with E-state index >= 15 is 0 Å². The van der Waals surface area contributed by atoms with Crippen LogP contribution in [0.5, 0.6) is 5.88 Å². The van der Waals surface area contributed by atoms with Crippen LogP contribution in [0.2, 0.25) is 0 Å². The number of amides is 1. The van der Waals surface area contributed by atoms with Crippen molar-refractivity contribution in [2.75, 3.05) is 0 Å². The molecule has 25 heavy (non-hydrogen) atoms. The van der Waals surface area contributed by atoms with Crippen molar-refractivity contribution in [3.05, 3.63) is 50.5 Å². The van der Waals surface area contributed by atoms with Crippen LogP contribution >= 0.6 is 12.2 Å². The average molecular weight is 360 g/mol. The predicted octanol–water partition coefficient (Wildman–Crippen LogP) is 2.55. The van der Waals surface area contributed by atoms with Gasteiger partial charge in [0.15, 0.2) is 4.77 Å². The van der Waals surface area contributed by atoms with E-state index in [1.54, 1.807) is 6.07 Å². The van der Waals surface area contributed by atoms with Crippen LogP contribution in [0, 0.1) is 11.7 Å². The fourth-order valence-electron chi connectivity index (χ4n) is 2.22. The van der Waals surface area contributed by atoms with Gasteiger partial charge in [0.05, 0.1) is 11.9 Å². The Morgan fingerprint density at radius 1 is 1.48 bits per heavy atom. The highest BCUT2D eigenvalue weighted by atomic mass is 32.1. The van der Waals surface area contributed by atoms with Gasteiger partial charge in [-0.25, -0.2) is 5.43 Å². The lowest BCUT2D eigenvalue weighted by Crippen LogP contribution is -2.21. The van der Waals surface area contributed by atoms with E-state index < -0.39 is 5.56 Å². The van der Waals surface area contributed by atoms with E-state index in [0.29, 0.717) is 12.1 Å². The maximum absolute atomic E-state index is 12.1. The van der Waals surface area contributed by atoms with Crippen molar-refractivity contribution in [1.29, 1.82) is 0 Å². The van der Waals surface area contributed by atoms with Crippen LogP contribution in [-0.2, 0) is 4.79 Å². The smallest absolute Gasteiger partial charge is 0.264 e. The third-order valence-corrected chi connectivity index (χ3v) is 3.81. The van der Waals surface area contributed by atoms with Crippen molar-refractivity contribution < 1.29 is 9.90 Å². The number of aromatic amines is 1. The van der Waals surface area contributed by atoms with E-state index in [1.807, 2.05) is 32.0 Å². The first kappa shape index (κ1) is 18.6. The predicted molar refractivity (Wildman–Crippen MR) is 98.9 cm³/mol. The van der Waals surface area contributed by atoms with Crippen molar-refractivity contribution in [3.8, 4) is 11.6 Å². The SMILES string of the molecule is CCCCC(=O)N/N=C/c1c(O)n(-c2cccc(C)c2)c(=S)[nH]c1=O. The highest BCUT2D eigenvalue weighted by molar-refractivity contribution is 7.71. The first-order valence-electron chi connectivity index (χ1n) is 7.91. The van der Waals surface area contributed by atoms with Crippen molar-refractivity contribution in [3.63, 3.8) is 0 Å². The molecule has 0 saturated heterocycles. The normalized spacial score (nSPS) is 11.0. The van der Waals surface area contributed by atoms with Crippen LogP contribution in [0.25, 0.3) is 5.69 Å². The number of carbonyl (C=O) groups excluding carboxylic acids is 1. The van der Waals surface area contributed by atoms with Crippen LogP contribution in [0.3, 0.4) is 0 Å². The Bertz CT molecular complexity index is 915. The number of hydrazone groups is 1. The molecule has 0 radical (unpaired) electrons. The average Bonchev–Trinajstić information content (AvgIpc) is 2.55. The molecule has 7 nitrogen and oxygen atoms in total. The van der Waals surface area contributed by atoms with Crippen LogP contribution in [0.15, 0.2) is 34.2 Å². The fraction of sp³-hybridized carbons (Fsp3) is 0.294. The van der Waals surface area contributed by atoms with Gasteiger partial charge in [-0.3, -0.25) is 19.1 Å². The van der Waals surface area contributed by atoms with Gasteiger partial charge < -0.3 is 5.11 Å². The lowest BCUT2D eigenvalue weighted by atomic mass is 10.2. The van der Waals surface area contributed by atoms with E-state index in [4.69, 9.17) is 12.2 Å². The number of hydrogen-bond donors (Lipinski definition) is 3. The Hall–Kier alpha value is -2.74. The Labute approximate surface area is 150 Å². The maximum atomic E-state index is 12.1. The van der Waals surface area contributed by atoms with Crippen molar-refractivity contribution >= 4 is 24.3 Å². The van der Waals surface area contributed by atoms with E-state index in [0.717, 1.165) is 24.6 Å². The number of carbonyl (C=O) groups is 1. The molecular weight excluding hydrogens is 340 g/mol. The number of hydrogen-bond acceptors (Lipinski definition) is 5. The summed E-state index contributed by atoms with van der Waals surface area (Å²) in [5.74, 6) is -0.591. The third kappa shape index (κ3) is 4.63. The second-order valence-electron chi connectivity index (χ2n) is 5.57. The molecule has 0 fully saturated rings. The summed E-state index contributed by atoms with van der Waals surface area (Å²) in [6, 6.07) is 7.30. The molecule has 1 aromatic heterocycles. The molecule has 2 rings (SSSR count). The molecule has 0 bridgehead atoms. The highest BCUT2D eigenvalue weighted by Gasteiger charge is 2.12. The number of benzene rings is 1. The van der Waals surface area contributed by atoms with Gasteiger partial charge in [0.1, 0.15) is 5.56 Å². The summed E-state index contributed by atoms with van der Waals surface area (Å²) in [4.78, 5) is 26.1. The molecule has 0 atom stereocenters. The Balaban J connectivity index is 2.37. The maximum Gasteiger partial charge on any atom is 0.264 e. The first-order chi connectivity index (χ1) is 11.9. The molecule has 0 aliphatic carbocycles. The summed E-state index contributed by atoms with van der Waals surface area (Å²) in [6.45, 7) is 3.89. The molecule has 1 amide bonds. The number of H-pyrrole nitrogens is 1. The number of aromatic hydroxyl groups is 1. The molecule has 0 unspecified atom stereocenters. The number of aryl methyl sites for hydroxylation is 1. The molecule has 0 spiro atoms. The zero-order chi connectivity index (χ0) is 18.4. The number of unbranched alkanes of at least 4 members (excludes halogenated alkanes) is 1. The second-order valence-corrected chi connectivity index (χ2v) is 5.95. The zero-order valence-corrected chi connectivity index (χ0v) is 14.9. The number of nitrogens with one attached hydrogen (secondary N) is 2. The standard InChI is InChI=1S/C17H20N4O3S/c1-3-4-8-14(22)20-18-10-13-15(23)19-17(25)21(16(13)24)12-7-5-6-11(2)9-12/h5-7,9-10,24H,3-4,8H2,1-2H3,(H,20,22)(H,19,23,25)/b18-10+. The van der Waals surface area contributed by atoms with Crippen LogP contribution in [-0.4, -0.2) is 26.8 Å². The van der Waals surface area contributed by atoms with E-state index in [2.05, 4.69) is 15.5 Å². The quantitative estimate of drug-likeness (QED) is 0.419. The molecule has 0 saturated carbocycles. The van der Waals surface area contributed by atoms with Gasteiger partial charge in [0.25, 0.3) is 5.56 Å². The van der Waals surface area contributed by atoms with Crippen molar-refractivity contribution in [2.24, 2.45) is 5.10 Å². The summed E-state index contributed by atoms with van der Waals surface area (Å²) in [5.41, 5.74) is 3.24. The van der Waals surface area contributed by atoms with Gasteiger partial charge in [0, 0.05) is 6.42 Å². The van der Waals surface area contributed by atoms with Gasteiger partial charge in [-0.15, -0.1) is 0 Å². The largest absolute Gasteiger partial charge is 0.494 e. The fourth-order valence-corrected chi connectivity index (χ4v) is 2.51. The summed E-state index contributed by atoms with van der Waals surface area (Å²) in [7, 11) is 0. The zero-order valence-electron chi connectivity index (χ0n) is 14.1. The van der Waals surface area contributed by atoms with Crippen molar-refractivity contribution in [1.82, 2.24) is 15.0 Å². The minimum Gasteiger partial charge on any atom is -0.494 e. The molecule has 2 aromatic rings. The number of aromatic nitrogens is 2. The van der Waals surface area contributed by atoms with Crippen LogP contribution in [0.4, 0.5) is 0 Å². The van der Waals surface area contributed by atoms with Gasteiger partial charge in [-0.05, 0) is 43.3 Å². The minimum absolute atomic E-state index is 0.0669. The molecule has 1 aromatic carbocycles. The summed E-state index contributed by atoms with van der Waals surface area (Å²) in [6.07, 6.45) is 3.11. The molecular formula is C17H20N4O3S. The molecule has 1 heterocycles. The Morgan fingerprint density at radius 2 is 2.24 bits per heavy atom. The highest BCUT2D eigenvalue weighted by Crippen LogP contribution is 2.19. The first-order valence-corrected chi connectivity index (χ1v) is 8.32. The van der Waals surface area contributed by atoms with Gasteiger partial charge >= 0.3 is 0 Å². The van der Waals surface area contributed by atoms with Crippen molar-refractivity contribution in [2.45, 2.75) is 33.1 Å².